The van der Waals surface area contributed by atoms with Crippen LogP contribution in [0.2, 0.25) is 0 Å². The fourth-order valence-electron chi connectivity index (χ4n) is 7.91. The minimum absolute atomic E-state index is 0.0129. The van der Waals surface area contributed by atoms with Crippen LogP contribution in [0.25, 0.3) is 72.4 Å². The highest BCUT2D eigenvalue weighted by molar-refractivity contribution is 6.09. The molecular weight excluding hydrogens is 771 g/mol. The van der Waals surface area contributed by atoms with Gasteiger partial charge in [-0.2, -0.15) is 0 Å². The van der Waals surface area contributed by atoms with Gasteiger partial charge >= 0.3 is 0 Å². The average Bonchev–Trinajstić information content (AvgIpc) is 4.00. The molecule has 10 aromatic rings. The van der Waals surface area contributed by atoms with Gasteiger partial charge in [-0.25, -0.2) is 4.98 Å². The highest BCUT2D eigenvalue weighted by Gasteiger charge is 2.22. The molecule has 63 heavy (non-hydrogen) atoms. The summed E-state index contributed by atoms with van der Waals surface area (Å²) in [5.74, 6) is 1.19. The van der Waals surface area contributed by atoms with Crippen molar-refractivity contribution in [2.75, 3.05) is 0 Å². The van der Waals surface area contributed by atoms with Crippen LogP contribution in [0.4, 0.5) is 0 Å². The Kier molecular flexibility index (Phi) is 6.77. The number of nitrogens with zero attached hydrogens (tertiary/aromatic N) is 5. The molecule has 0 saturated heterocycles. The van der Waals surface area contributed by atoms with Crippen LogP contribution in [0.1, 0.15) is 72.0 Å². The summed E-state index contributed by atoms with van der Waals surface area (Å²) in [6, 6.07) is 25.8. The summed E-state index contributed by atoms with van der Waals surface area (Å²) < 4.78 is 137. The van der Waals surface area contributed by atoms with E-state index in [1.165, 1.54) is 28.8 Å². The first-order valence-electron chi connectivity index (χ1n) is 27.6. The van der Waals surface area contributed by atoms with Crippen LogP contribution in [0.15, 0.2) is 176 Å². The van der Waals surface area contributed by atoms with Crippen molar-refractivity contribution in [1.82, 2.24) is 19.1 Å². The topological polar surface area (TPSA) is 48.8 Å². The predicted octanol–water partition coefficient (Wildman–Crippen LogP) is 13.9. The van der Waals surface area contributed by atoms with Crippen molar-refractivity contribution >= 4 is 32.8 Å². The summed E-state index contributed by atoms with van der Waals surface area (Å²) in [4.78, 5) is 9.70. The Bertz CT molecular complexity index is 3930. The van der Waals surface area contributed by atoms with E-state index >= 15 is 0 Å². The molecule has 0 fully saturated rings. The second-order valence-electron chi connectivity index (χ2n) is 17.3. The number of hydrogen-bond acceptors (Lipinski definition) is 3. The van der Waals surface area contributed by atoms with Crippen LogP contribution >= 0.6 is 0 Å². The van der Waals surface area contributed by atoms with E-state index in [4.69, 9.17) is 31.2 Å². The first kappa shape index (κ1) is 26.9. The molecule has 0 radical (unpaired) electrons. The third-order valence-electron chi connectivity index (χ3n) is 10.3. The lowest BCUT2D eigenvalue weighted by Gasteiger charge is -2.19. The van der Waals surface area contributed by atoms with Gasteiger partial charge in [-0.15, -0.1) is 0 Å². The van der Waals surface area contributed by atoms with Gasteiger partial charge in [0.15, 0.2) is 5.82 Å². The quantitative estimate of drug-likeness (QED) is 0.107. The first-order valence-corrected chi connectivity index (χ1v) is 20.6. The second-order valence-corrected chi connectivity index (χ2v) is 17.3. The lowest BCUT2D eigenvalue weighted by Crippen LogP contribution is -2.31. The lowest BCUT2D eigenvalue weighted by atomic mass is 9.88. The van der Waals surface area contributed by atoms with Crippen molar-refractivity contribution in [1.29, 1.82) is 0 Å². The van der Waals surface area contributed by atoms with Gasteiger partial charge in [0.2, 0.25) is 0 Å². The van der Waals surface area contributed by atoms with Gasteiger partial charge in [0.1, 0.15) is 17.3 Å². The Hall–Kier alpha value is -7.31. The molecule has 0 unspecified atom stereocenters. The molecule has 310 valence electrons. The third-order valence-corrected chi connectivity index (χ3v) is 10.3. The van der Waals surface area contributed by atoms with Crippen LogP contribution < -0.4 is 9.30 Å². The van der Waals surface area contributed by atoms with Gasteiger partial charge in [-0.3, -0.25) is 18.7 Å². The molecule has 0 N–H and O–H groups in total. The SMILES string of the molecule is [2H]c1c([2H])c([2H])c(-c2cccc(-c3c([2H])c([2H])c([2H])c([2H])c3[2H])c2-[n+]2[c-]n(-c3cc(Oc4ccc5c6ccccc6n(-c6cc(C([2H])([2H])C(C)(C)C)ccn6)c5c4)cc(C([2H])([2H])C(C)(C)C)n3)c3ccccc32)c([2H])c1[2H]. The Morgan fingerprint density at radius 2 is 1.27 bits per heavy atom. The van der Waals surface area contributed by atoms with Crippen molar-refractivity contribution in [2.24, 2.45) is 10.8 Å². The maximum atomic E-state index is 9.50. The van der Waals surface area contributed by atoms with Crippen LogP contribution in [0.5, 0.6) is 11.5 Å². The molecule has 10 rings (SSSR count). The molecule has 0 atom stereocenters. The zero-order valence-electron chi connectivity index (χ0n) is 49.6. The Morgan fingerprint density at radius 3 is 1.97 bits per heavy atom. The Balaban J connectivity index is 1.21. The fraction of sp³-hybridized carbons (Fsp3) is 0.175. The highest BCUT2D eigenvalue weighted by Crippen LogP contribution is 2.38. The van der Waals surface area contributed by atoms with E-state index in [2.05, 4.69) is 6.33 Å². The lowest BCUT2D eigenvalue weighted by molar-refractivity contribution is -0.571. The van der Waals surface area contributed by atoms with Crippen molar-refractivity contribution in [3.63, 3.8) is 0 Å². The molecule has 6 aromatic carbocycles. The van der Waals surface area contributed by atoms with Crippen LogP contribution in [-0.2, 0) is 12.7 Å². The zero-order chi connectivity index (χ0) is 55.6. The molecule has 4 aromatic heterocycles. The summed E-state index contributed by atoms with van der Waals surface area (Å²) in [6.07, 6.45) is 1.18. The number of benzene rings is 6. The molecular formula is C57H51N5O. The van der Waals surface area contributed by atoms with E-state index in [0.29, 0.717) is 33.7 Å². The van der Waals surface area contributed by atoms with Gasteiger partial charge in [0.05, 0.1) is 41.5 Å². The van der Waals surface area contributed by atoms with Gasteiger partial charge in [-0.1, -0.05) is 163 Å². The van der Waals surface area contributed by atoms with E-state index in [1.807, 2.05) is 61.7 Å². The summed E-state index contributed by atoms with van der Waals surface area (Å²) in [6.45, 7) is 10.8. The van der Waals surface area contributed by atoms with Crippen molar-refractivity contribution in [2.45, 2.75) is 54.3 Å². The largest absolute Gasteiger partial charge is 0.458 e. The number of pyridine rings is 2. The maximum absolute atomic E-state index is 9.50. The minimum atomic E-state index is -2.08. The number of hydrogen-bond donors (Lipinski definition) is 0. The van der Waals surface area contributed by atoms with Gasteiger partial charge in [-0.05, 0) is 81.7 Å². The second kappa shape index (κ2) is 15.9. The highest BCUT2D eigenvalue weighted by atomic mass is 16.5. The van der Waals surface area contributed by atoms with Crippen LogP contribution in [0.3, 0.4) is 0 Å². The summed E-state index contributed by atoms with van der Waals surface area (Å²) in [5.41, 5.74) is 0.922. The van der Waals surface area contributed by atoms with Crippen molar-refractivity contribution < 1.29 is 28.5 Å². The fourth-order valence-corrected chi connectivity index (χ4v) is 7.91. The molecule has 0 aliphatic carbocycles. The van der Waals surface area contributed by atoms with Gasteiger partial charge in [0.25, 0.3) is 6.33 Å². The van der Waals surface area contributed by atoms with Gasteiger partial charge in [0, 0.05) is 46.3 Å². The van der Waals surface area contributed by atoms with E-state index in [1.54, 1.807) is 80.1 Å². The average molecular weight is 836 g/mol. The normalized spacial score (nSPS) is 15.7. The summed E-state index contributed by atoms with van der Waals surface area (Å²) >= 11 is 0. The van der Waals surface area contributed by atoms with Gasteiger partial charge < -0.3 is 4.74 Å². The number of ether oxygens (including phenoxy) is 1. The summed E-state index contributed by atoms with van der Waals surface area (Å²) in [5, 5.41) is 1.81. The maximum Gasteiger partial charge on any atom is 0.271 e. The molecule has 0 aliphatic heterocycles. The Morgan fingerprint density at radius 1 is 0.619 bits per heavy atom. The number of imidazole rings is 1. The first-order chi connectivity index (χ1) is 36.1. The van der Waals surface area contributed by atoms with E-state index in [9.17, 15) is 2.74 Å². The van der Waals surface area contributed by atoms with Crippen LogP contribution in [-0.4, -0.2) is 19.1 Å². The number of aromatic nitrogens is 5. The minimum Gasteiger partial charge on any atom is -0.458 e. The number of fused-ring (bicyclic) bond motifs is 4. The molecule has 6 nitrogen and oxygen atoms in total. The predicted molar refractivity (Wildman–Crippen MR) is 257 cm³/mol. The van der Waals surface area contributed by atoms with Crippen molar-refractivity contribution in [3.8, 4) is 51.1 Å². The van der Waals surface area contributed by atoms with E-state index in [0.717, 1.165) is 16.3 Å². The standard InChI is InChI=1S/C57H51N5O/c1-56(2,3)36-39-30-31-58-53(32-39)62-49-25-14-13-22-47(49)48-29-28-43(34-52(48)62)63-44-33-42(37-57(4,5)6)59-54(35-44)60-38-61(51-27-16-15-26-50(51)60)55-45(40-18-9-7-10-19-40)23-17-24-46(55)41-20-11-8-12-21-41/h7-35H,36-37H2,1-6H3/i7D,8D,9D,10D,11D,12D,18D,19D,20D,21D,36D2,37D2. The molecule has 4 heterocycles. The molecule has 0 spiro atoms. The number of rotatable bonds is 9. The summed E-state index contributed by atoms with van der Waals surface area (Å²) in [7, 11) is 0. The monoisotopic (exact) mass is 835 g/mol. The molecule has 0 saturated carbocycles. The van der Waals surface area contributed by atoms with Crippen molar-refractivity contribution in [3.05, 3.63) is 193 Å². The smallest absolute Gasteiger partial charge is 0.271 e. The molecule has 0 aliphatic rings. The molecule has 0 bridgehead atoms. The molecule has 0 amide bonds. The van der Waals surface area contributed by atoms with E-state index in [-0.39, 0.29) is 45.2 Å². The third kappa shape index (κ3) is 8.01. The van der Waals surface area contributed by atoms with E-state index < -0.39 is 84.0 Å². The number of para-hydroxylation sites is 4. The zero-order valence-corrected chi connectivity index (χ0v) is 35.6. The Labute approximate surface area is 389 Å². The van der Waals surface area contributed by atoms with Crippen LogP contribution in [0, 0.1) is 17.2 Å². The molecule has 6 heteroatoms.